The smallest absolute Gasteiger partial charge is 0.272 e. The molecule has 1 aliphatic heterocycles. The SMILES string of the molecule is Cn1nc(C(=O)NCc2ccc(C#N)cc2)c2c1C(=O)N(CC1(S(=O)(=O)[C@H]3C[C@H](C)C3)CC1)CC2. The van der Waals surface area contributed by atoms with E-state index in [-0.39, 0.29) is 35.8 Å². The number of carbonyl (C=O) groups excluding carboxylic acids is 2. The van der Waals surface area contributed by atoms with Crippen LogP contribution in [-0.2, 0) is 29.9 Å². The van der Waals surface area contributed by atoms with Crippen LogP contribution in [0.15, 0.2) is 24.3 Å². The number of carbonyl (C=O) groups is 2. The maximum atomic E-state index is 13.4. The molecule has 0 radical (unpaired) electrons. The second-order valence-electron chi connectivity index (χ2n) is 10.2. The van der Waals surface area contributed by atoms with Gasteiger partial charge in [0.2, 0.25) is 0 Å². The second kappa shape index (κ2) is 8.48. The maximum absolute atomic E-state index is 13.4. The van der Waals surface area contributed by atoms with Gasteiger partial charge in [-0.05, 0) is 55.7 Å². The Hall–Kier alpha value is -3.19. The Labute approximate surface area is 205 Å². The molecule has 0 atom stereocenters. The molecule has 0 saturated heterocycles. The molecule has 9 nitrogen and oxygen atoms in total. The summed E-state index contributed by atoms with van der Waals surface area (Å²) in [7, 11) is -1.64. The normalized spacial score (nSPS) is 22.7. The third kappa shape index (κ3) is 4.01. The second-order valence-corrected chi connectivity index (χ2v) is 12.8. The lowest BCUT2D eigenvalue weighted by atomic mass is 9.87. The summed E-state index contributed by atoms with van der Waals surface area (Å²) in [6.07, 6.45) is 3.08. The third-order valence-corrected chi connectivity index (χ3v) is 10.7. The van der Waals surface area contributed by atoms with Crippen molar-refractivity contribution in [3.8, 4) is 6.07 Å². The zero-order valence-corrected chi connectivity index (χ0v) is 20.8. The lowest BCUT2D eigenvalue weighted by Crippen LogP contribution is -2.50. The first-order valence-corrected chi connectivity index (χ1v) is 13.6. The van der Waals surface area contributed by atoms with Crippen molar-refractivity contribution >= 4 is 21.7 Å². The number of nitrogens with one attached hydrogen (secondary N) is 1. The number of rotatable bonds is 7. The maximum Gasteiger partial charge on any atom is 0.272 e. The molecule has 1 aromatic heterocycles. The Morgan fingerprint density at radius 3 is 2.54 bits per heavy atom. The van der Waals surface area contributed by atoms with Crippen molar-refractivity contribution in [2.75, 3.05) is 13.1 Å². The summed E-state index contributed by atoms with van der Waals surface area (Å²) >= 11 is 0. The van der Waals surface area contributed by atoms with Gasteiger partial charge in [-0.15, -0.1) is 0 Å². The molecule has 10 heteroatoms. The Morgan fingerprint density at radius 1 is 1.26 bits per heavy atom. The zero-order chi connectivity index (χ0) is 25.0. The first kappa shape index (κ1) is 23.5. The highest BCUT2D eigenvalue weighted by atomic mass is 32.2. The van der Waals surface area contributed by atoms with Crippen LogP contribution in [0.25, 0.3) is 0 Å². The molecule has 2 fully saturated rings. The van der Waals surface area contributed by atoms with Gasteiger partial charge in [-0.25, -0.2) is 8.42 Å². The van der Waals surface area contributed by atoms with E-state index in [1.807, 2.05) is 0 Å². The molecule has 2 aliphatic carbocycles. The number of hydrogen-bond acceptors (Lipinski definition) is 6. The van der Waals surface area contributed by atoms with Crippen molar-refractivity contribution < 1.29 is 18.0 Å². The van der Waals surface area contributed by atoms with Gasteiger partial charge < -0.3 is 10.2 Å². The standard InChI is InChI=1S/C25H29N5O4S/c1-16-11-19(12-16)35(33,34)25(8-9-25)15-30-10-7-20-21(28-29(2)22(20)24(30)32)23(31)27-14-18-5-3-17(13-26)4-6-18/h3-6,16,19H,7-12,14-15H2,1-2H3,(H,27,31)/t16-,19-. The summed E-state index contributed by atoms with van der Waals surface area (Å²) in [4.78, 5) is 27.9. The van der Waals surface area contributed by atoms with Gasteiger partial charge in [0.15, 0.2) is 15.5 Å². The summed E-state index contributed by atoms with van der Waals surface area (Å²) < 4.78 is 27.1. The van der Waals surface area contributed by atoms with Crippen molar-refractivity contribution in [1.82, 2.24) is 20.0 Å². The lowest BCUT2D eigenvalue weighted by molar-refractivity contribution is 0.0724. The number of aromatic nitrogens is 2. The molecule has 0 bridgehead atoms. The van der Waals surface area contributed by atoms with E-state index in [9.17, 15) is 18.0 Å². The molecular formula is C25H29N5O4S. The quantitative estimate of drug-likeness (QED) is 0.626. The van der Waals surface area contributed by atoms with Crippen LogP contribution in [0.1, 0.15) is 70.3 Å². The molecule has 184 valence electrons. The predicted molar refractivity (Wildman–Crippen MR) is 128 cm³/mol. The Bertz CT molecular complexity index is 1330. The molecule has 5 rings (SSSR count). The van der Waals surface area contributed by atoms with Gasteiger partial charge in [0.05, 0.1) is 21.6 Å². The molecule has 35 heavy (non-hydrogen) atoms. The summed E-state index contributed by atoms with van der Waals surface area (Å²) in [5, 5.41) is 15.8. The van der Waals surface area contributed by atoms with E-state index >= 15 is 0 Å². The van der Waals surface area contributed by atoms with Gasteiger partial charge >= 0.3 is 0 Å². The van der Waals surface area contributed by atoms with Gasteiger partial charge in [-0.1, -0.05) is 19.1 Å². The van der Waals surface area contributed by atoms with Crippen LogP contribution in [0.3, 0.4) is 0 Å². The number of amides is 2. The molecule has 2 aromatic rings. The van der Waals surface area contributed by atoms with Gasteiger partial charge in [-0.2, -0.15) is 10.4 Å². The topological polar surface area (TPSA) is 125 Å². The summed E-state index contributed by atoms with van der Waals surface area (Å²) in [6.45, 7) is 2.92. The Kier molecular flexibility index (Phi) is 5.71. The number of nitriles is 1. The van der Waals surface area contributed by atoms with Crippen molar-refractivity contribution in [1.29, 1.82) is 5.26 Å². The Morgan fingerprint density at radius 2 is 1.94 bits per heavy atom. The lowest BCUT2D eigenvalue weighted by Gasteiger charge is -2.37. The fourth-order valence-corrected chi connectivity index (χ4v) is 8.20. The van der Waals surface area contributed by atoms with Gasteiger partial charge in [0, 0.05) is 32.2 Å². The van der Waals surface area contributed by atoms with Crippen molar-refractivity contribution in [2.24, 2.45) is 13.0 Å². The summed E-state index contributed by atoms with van der Waals surface area (Å²) in [6, 6.07) is 9.00. The summed E-state index contributed by atoms with van der Waals surface area (Å²) in [5.41, 5.74) is 2.57. The van der Waals surface area contributed by atoms with Crippen LogP contribution in [0.5, 0.6) is 0 Å². The fraction of sp³-hybridized carbons (Fsp3) is 0.520. The van der Waals surface area contributed by atoms with Crippen LogP contribution in [-0.4, -0.2) is 58.0 Å². The van der Waals surface area contributed by atoms with E-state index < -0.39 is 14.6 Å². The van der Waals surface area contributed by atoms with E-state index in [1.54, 1.807) is 36.2 Å². The van der Waals surface area contributed by atoms with Crippen LogP contribution < -0.4 is 5.32 Å². The van der Waals surface area contributed by atoms with Crippen LogP contribution in [0, 0.1) is 17.2 Å². The number of fused-ring (bicyclic) bond motifs is 1. The monoisotopic (exact) mass is 495 g/mol. The van der Waals surface area contributed by atoms with Gasteiger partial charge in [0.1, 0.15) is 5.69 Å². The predicted octanol–water partition coefficient (Wildman–Crippen LogP) is 1.97. The van der Waals surface area contributed by atoms with E-state index in [4.69, 9.17) is 5.26 Å². The van der Waals surface area contributed by atoms with Crippen molar-refractivity contribution in [3.05, 3.63) is 52.3 Å². The number of nitrogens with zero attached hydrogens (tertiary/aromatic N) is 4. The van der Waals surface area contributed by atoms with Crippen LogP contribution in [0.4, 0.5) is 0 Å². The van der Waals surface area contributed by atoms with Crippen molar-refractivity contribution in [2.45, 2.75) is 55.6 Å². The van der Waals surface area contributed by atoms with Gasteiger partial charge in [-0.3, -0.25) is 14.3 Å². The highest BCUT2D eigenvalue weighted by molar-refractivity contribution is 7.93. The summed E-state index contributed by atoms with van der Waals surface area (Å²) in [5.74, 6) is -0.190. The number of benzene rings is 1. The molecule has 1 aromatic carbocycles. The highest BCUT2D eigenvalue weighted by Crippen LogP contribution is 2.50. The first-order chi connectivity index (χ1) is 16.6. The average Bonchev–Trinajstić information content (AvgIpc) is 3.54. The average molecular weight is 496 g/mol. The molecule has 1 N–H and O–H groups in total. The van der Waals surface area contributed by atoms with E-state index in [2.05, 4.69) is 23.4 Å². The van der Waals surface area contributed by atoms with E-state index in [0.717, 1.165) is 5.56 Å². The third-order valence-electron chi connectivity index (χ3n) is 7.68. The van der Waals surface area contributed by atoms with E-state index in [0.29, 0.717) is 61.4 Å². The molecule has 2 saturated carbocycles. The highest BCUT2D eigenvalue weighted by Gasteiger charge is 2.60. The molecule has 3 aliphatic rings. The largest absolute Gasteiger partial charge is 0.347 e. The molecule has 0 spiro atoms. The fourth-order valence-electron chi connectivity index (χ4n) is 5.32. The molecule has 2 heterocycles. The molecule has 0 unspecified atom stereocenters. The van der Waals surface area contributed by atoms with Crippen LogP contribution in [0.2, 0.25) is 0 Å². The minimum atomic E-state index is -3.28. The molecular weight excluding hydrogens is 466 g/mol. The number of sulfone groups is 1. The zero-order valence-electron chi connectivity index (χ0n) is 20.0. The minimum absolute atomic E-state index is 0.212. The number of hydrogen-bond donors (Lipinski definition) is 1. The minimum Gasteiger partial charge on any atom is -0.347 e. The van der Waals surface area contributed by atoms with Crippen molar-refractivity contribution in [3.63, 3.8) is 0 Å². The van der Waals surface area contributed by atoms with Gasteiger partial charge in [0.25, 0.3) is 11.8 Å². The van der Waals surface area contributed by atoms with E-state index in [1.165, 1.54) is 4.68 Å². The number of aryl methyl sites for hydroxylation is 1. The van der Waals surface area contributed by atoms with Crippen LogP contribution >= 0.6 is 0 Å². The Balaban J connectivity index is 1.29. The molecule has 2 amide bonds. The first-order valence-electron chi connectivity index (χ1n) is 12.0.